The Hall–Kier alpha value is -2.80. The van der Waals surface area contributed by atoms with E-state index in [2.05, 4.69) is 22.6 Å². The first kappa shape index (κ1) is 15.7. The number of aromatic nitrogens is 2. The summed E-state index contributed by atoms with van der Waals surface area (Å²) in [5.74, 6) is 1.70. The number of fused-ring (bicyclic) bond motifs is 2. The van der Waals surface area contributed by atoms with Crippen molar-refractivity contribution in [3.63, 3.8) is 0 Å². The number of furan rings is 1. The van der Waals surface area contributed by atoms with Gasteiger partial charge >= 0.3 is 0 Å². The molecule has 2 aromatic carbocycles. The molecule has 6 nitrogen and oxygen atoms in total. The molecule has 0 spiro atoms. The molecule has 2 aromatic heterocycles. The zero-order chi connectivity index (χ0) is 17.2. The molecule has 0 aliphatic heterocycles. The Morgan fingerprint density at radius 1 is 1.16 bits per heavy atom. The van der Waals surface area contributed by atoms with Crippen LogP contribution in [0.3, 0.4) is 0 Å². The number of rotatable bonds is 5. The van der Waals surface area contributed by atoms with Crippen LogP contribution in [-0.4, -0.2) is 22.0 Å². The number of benzene rings is 2. The third kappa shape index (κ3) is 2.87. The second-order valence-corrected chi connectivity index (χ2v) is 6.71. The first-order chi connectivity index (χ1) is 12.3. The van der Waals surface area contributed by atoms with Crippen molar-refractivity contribution in [2.24, 2.45) is 0 Å². The van der Waals surface area contributed by atoms with Crippen LogP contribution in [0.2, 0.25) is 0 Å². The quantitative estimate of drug-likeness (QED) is 0.570. The van der Waals surface area contributed by atoms with Crippen molar-refractivity contribution >= 4 is 45.4 Å². The summed E-state index contributed by atoms with van der Waals surface area (Å²) in [5.41, 5.74) is 3.25. The molecule has 0 bridgehead atoms. The smallest absolute Gasteiger partial charge is 0.291 e. The standard InChI is InChI=1S/C18H15N3O3S/c1-2-25-10-12-11-6-3-4-9-15(11)23-17(12)18(22)19-13-7-5-8-14-16(13)21-24-20-14/h3-9H,2,10H2,1H3,(H,19,22). The van der Waals surface area contributed by atoms with E-state index in [1.54, 1.807) is 30.0 Å². The highest BCUT2D eigenvalue weighted by Gasteiger charge is 2.21. The zero-order valence-electron chi connectivity index (χ0n) is 13.5. The molecular weight excluding hydrogens is 338 g/mol. The fraction of sp³-hybridized carbons (Fsp3) is 0.167. The van der Waals surface area contributed by atoms with Crippen molar-refractivity contribution in [2.45, 2.75) is 12.7 Å². The van der Waals surface area contributed by atoms with E-state index in [0.717, 1.165) is 16.7 Å². The van der Waals surface area contributed by atoms with E-state index < -0.39 is 0 Å². The number of hydrogen-bond donors (Lipinski definition) is 1. The molecule has 25 heavy (non-hydrogen) atoms. The minimum Gasteiger partial charge on any atom is -0.451 e. The fourth-order valence-corrected chi connectivity index (χ4v) is 3.41. The summed E-state index contributed by atoms with van der Waals surface area (Å²) in [4.78, 5) is 12.8. The van der Waals surface area contributed by atoms with Crippen LogP contribution in [0.15, 0.2) is 51.5 Å². The van der Waals surface area contributed by atoms with Gasteiger partial charge in [0.05, 0.1) is 5.69 Å². The summed E-state index contributed by atoms with van der Waals surface area (Å²) in [7, 11) is 0. The van der Waals surface area contributed by atoms with Crippen LogP contribution >= 0.6 is 11.8 Å². The summed E-state index contributed by atoms with van der Waals surface area (Å²) < 4.78 is 10.6. The van der Waals surface area contributed by atoms with Gasteiger partial charge in [0.2, 0.25) is 0 Å². The predicted octanol–water partition coefficient (Wildman–Crippen LogP) is 4.47. The number of anilines is 1. The predicted molar refractivity (Wildman–Crippen MR) is 97.8 cm³/mol. The van der Waals surface area contributed by atoms with Gasteiger partial charge in [0.15, 0.2) is 11.3 Å². The van der Waals surface area contributed by atoms with Crippen molar-refractivity contribution in [1.82, 2.24) is 10.3 Å². The molecule has 0 fully saturated rings. The van der Waals surface area contributed by atoms with Crippen molar-refractivity contribution in [3.05, 3.63) is 53.8 Å². The second kappa shape index (κ2) is 6.60. The molecule has 0 unspecified atom stereocenters. The molecule has 7 heteroatoms. The molecule has 0 aliphatic rings. The third-order valence-corrected chi connectivity index (χ3v) is 4.79. The number of carbonyl (C=O) groups excluding carboxylic acids is 1. The molecule has 0 saturated carbocycles. The molecular formula is C18H15N3O3S. The molecule has 0 saturated heterocycles. The van der Waals surface area contributed by atoms with Gasteiger partial charge in [-0.05, 0) is 34.3 Å². The van der Waals surface area contributed by atoms with E-state index in [0.29, 0.717) is 33.8 Å². The zero-order valence-corrected chi connectivity index (χ0v) is 14.3. The van der Waals surface area contributed by atoms with Crippen LogP contribution in [0.25, 0.3) is 22.0 Å². The summed E-state index contributed by atoms with van der Waals surface area (Å²) in [6.07, 6.45) is 0. The first-order valence-electron chi connectivity index (χ1n) is 7.88. The lowest BCUT2D eigenvalue weighted by atomic mass is 10.1. The molecule has 0 aliphatic carbocycles. The Kier molecular flexibility index (Phi) is 4.15. The van der Waals surface area contributed by atoms with Crippen LogP contribution in [0.4, 0.5) is 5.69 Å². The normalized spacial score (nSPS) is 11.2. The van der Waals surface area contributed by atoms with E-state index in [1.165, 1.54) is 0 Å². The Morgan fingerprint density at radius 2 is 2.04 bits per heavy atom. The molecule has 0 atom stereocenters. The van der Waals surface area contributed by atoms with E-state index >= 15 is 0 Å². The van der Waals surface area contributed by atoms with Crippen molar-refractivity contribution in [3.8, 4) is 0 Å². The maximum absolute atomic E-state index is 12.8. The minimum atomic E-state index is -0.307. The Bertz CT molecular complexity index is 1050. The van der Waals surface area contributed by atoms with Crippen LogP contribution in [0.1, 0.15) is 23.0 Å². The minimum absolute atomic E-state index is 0.307. The van der Waals surface area contributed by atoms with Crippen molar-refractivity contribution < 1.29 is 13.8 Å². The van der Waals surface area contributed by atoms with Crippen molar-refractivity contribution in [1.29, 1.82) is 0 Å². The number of amides is 1. The number of nitrogens with zero attached hydrogens (tertiary/aromatic N) is 2. The van der Waals surface area contributed by atoms with Gasteiger partial charge in [0, 0.05) is 16.7 Å². The fourth-order valence-electron chi connectivity index (χ4n) is 2.72. The number of para-hydroxylation sites is 1. The number of carbonyl (C=O) groups is 1. The summed E-state index contributed by atoms with van der Waals surface area (Å²) in [6.45, 7) is 2.09. The SMILES string of the molecule is CCSCc1c(C(=O)Nc2cccc3nonc23)oc2ccccc12. The maximum atomic E-state index is 12.8. The van der Waals surface area contributed by atoms with Gasteiger partial charge in [-0.25, -0.2) is 4.63 Å². The molecule has 4 rings (SSSR count). The van der Waals surface area contributed by atoms with Crippen LogP contribution < -0.4 is 5.32 Å². The lowest BCUT2D eigenvalue weighted by Crippen LogP contribution is -2.13. The topological polar surface area (TPSA) is 81.2 Å². The van der Waals surface area contributed by atoms with E-state index in [-0.39, 0.29) is 5.91 Å². The summed E-state index contributed by atoms with van der Waals surface area (Å²) in [5, 5.41) is 11.5. The number of thioether (sulfide) groups is 1. The highest BCUT2D eigenvalue weighted by Crippen LogP contribution is 2.30. The van der Waals surface area contributed by atoms with Gasteiger partial charge in [-0.15, -0.1) is 0 Å². The van der Waals surface area contributed by atoms with Gasteiger partial charge < -0.3 is 9.73 Å². The van der Waals surface area contributed by atoms with Crippen LogP contribution in [0.5, 0.6) is 0 Å². The Morgan fingerprint density at radius 3 is 2.92 bits per heavy atom. The molecule has 126 valence electrons. The van der Waals surface area contributed by atoms with Crippen LogP contribution in [0, 0.1) is 0 Å². The van der Waals surface area contributed by atoms with Gasteiger partial charge in [0.1, 0.15) is 11.1 Å². The average molecular weight is 353 g/mol. The second-order valence-electron chi connectivity index (χ2n) is 5.43. The largest absolute Gasteiger partial charge is 0.451 e. The van der Waals surface area contributed by atoms with Crippen molar-refractivity contribution in [2.75, 3.05) is 11.1 Å². The van der Waals surface area contributed by atoms with Crippen LogP contribution in [-0.2, 0) is 5.75 Å². The van der Waals surface area contributed by atoms with E-state index in [4.69, 9.17) is 9.05 Å². The highest BCUT2D eigenvalue weighted by molar-refractivity contribution is 7.98. The highest BCUT2D eigenvalue weighted by atomic mass is 32.2. The molecule has 1 amide bonds. The summed E-state index contributed by atoms with van der Waals surface area (Å²) >= 11 is 1.75. The van der Waals surface area contributed by atoms with E-state index in [1.807, 2.05) is 24.3 Å². The van der Waals surface area contributed by atoms with Gasteiger partial charge in [-0.2, -0.15) is 11.8 Å². The average Bonchev–Trinajstić information content (AvgIpc) is 3.25. The van der Waals surface area contributed by atoms with E-state index in [9.17, 15) is 4.79 Å². The summed E-state index contributed by atoms with van der Waals surface area (Å²) in [6, 6.07) is 13.0. The third-order valence-electron chi connectivity index (χ3n) is 3.89. The van der Waals surface area contributed by atoms with Gasteiger partial charge in [-0.1, -0.05) is 31.2 Å². The number of nitrogens with one attached hydrogen (secondary N) is 1. The number of hydrogen-bond acceptors (Lipinski definition) is 6. The monoisotopic (exact) mass is 353 g/mol. The molecule has 4 aromatic rings. The lowest BCUT2D eigenvalue weighted by Gasteiger charge is -2.05. The Balaban J connectivity index is 1.73. The molecule has 1 N–H and O–H groups in total. The lowest BCUT2D eigenvalue weighted by molar-refractivity contribution is 0.0998. The Labute approximate surface area is 147 Å². The first-order valence-corrected chi connectivity index (χ1v) is 9.04. The maximum Gasteiger partial charge on any atom is 0.291 e. The molecule has 2 heterocycles. The van der Waals surface area contributed by atoms with Gasteiger partial charge in [-0.3, -0.25) is 4.79 Å². The van der Waals surface area contributed by atoms with Gasteiger partial charge in [0.25, 0.3) is 5.91 Å². The molecule has 0 radical (unpaired) electrons.